The van der Waals surface area contributed by atoms with Gasteiger partial charge in [0, 0.05) is 23.7 Å². The second-order valence-electron chi connectivity index (χ2n) is 6.34. The first-order valence-electron chi connectivity index (χ1n) is 8.07. The third-order valence-electron chi connectivity index (χ3n) is 4.50. The number of amides is 1. The molecule has 0 unspecified atom stereocenters. The molecule has 1 aliphatic heterocycles. The van der Waals surface area contributed by atoms with Gasteiger partial charge >= 0.3 is 0 Å². The number of likely N-dealkylation sites (tertiary alicyclic amines) is 1. The van der Waals surface area contributed by atoms with Gasteiger partial charge in [0.25, 0.3) is 5.91 Å². The number of piperidine rings is 1. The molecule has 0 saturated carbocycles. The summed E-state index contributed by atoms with van der Waals surface area (Å²) in [6.07, 6.45) is 2.14. The Morgan fingerprint density at radius 3 is 2.65 bits per heavy atom. The van der Waals surface area contributed by atoms with Gasteiger partial charge in [-0.15, -0.1) is 0 Å². The smallest absolute Gasteiger partial charge is 0.272 e. The fourth-order valence-corrected chi connectivity index (χ4v) is 3.22. The van der Waals surface area contributed by atoms with Crippen molar-refractivity contribution in [3.8, 4) is 11.3 Å². The Balaban J connectivity index is 1.86. The number of carbonyl (C=O) groups excluding carboxylic acids is 1. The van der Waals surface area contributed by atoms with Crippen molar-refractivity contribution in [2.24, 2.45) is 5.92 Å². The number of aromatic nitrogens is 1. The molecule has 0 radical (unpaired) electrons. The second-order valence-corrected chi connectivity index (χ2v) is 6.78. The SMILES string of the molecule is Cc1cc(Cl)ccc1-c1cccc(C(=O)N2CCC(C)CC2)n1. The minimum absolute atomic E-state index is 0.0327. The normalized spacial score (nSPS) is 15.7. The van der Waals surface area contributed by atoms with Crippen molar-refractivity contribution in [2.75, 3.05) is 13.1 Å². The Bertz CT molecular complexity index is 721. The average molecular weight is 329 g/mol. The number of carbonyl (C=O) groups is 1. The minimum Gasteiger partial charge on any atom is -0.337 e. The zero-order valence-electron chi connectivity index (χ0n) is 13.6. The molecule has 1 amide bonds. The van der Waals surface area contributed by atoms with Crippen LogP contribution in [0, 0.1) is 12.8 Å². The summed E-state index contributed by atoms with van der Waals surface area (Å²) in [5.41, 5.74) is 3.40. The van der Waals surface area contributed by atoms with E-state index in [2.05, 4.69) is 11.9 Å². The van der Waals surface area contributed by atoms with Crippen LogP contribution in [0.25, 0.3) is 11.3 Å². The van der Waals surface area contributed by atoms with E-state index in [4.69, 9.17) is 11.6 Å². The number of aryl methyl sites for hydroxylation is 1. The number of rotatable bonds is 2. The Morgan fingerprint density at radius 1 is 1.22 bits per heavy atom. The second kappa shape index (κ2) is 6.71. The van der Waals surface area contributed by atoms with Gasteiger partial charge in [-0.2, -0.15) is 0 Å². The molecule has 23 heavy (non-hydrogen) atoms. The quantitative estimate of drug-likeness (QED) is 0.808. The largest absolute Gasteiger partial charge is 0.337 e. The molecule has 4 heteroatoms. The van der Waals surface area contributed by atoms with E-state index in [9.17, 15) is 4.79 Å². The molecule has 0 atom stereocenters. The highest BCUT2D eigenvalue weighted by atomic mass is 35.5. The van der Waals surface area contributed by atoms with Gasteiger partial charge in [0.05, 0.1) is 5.69 Å². The Labute approximate surface area is 142 Å². The average Bonchev–Trinajstić information content (AvgIpc) is 2.55. The predicted octanol–water partition coefficient (Wildman–Crippen LogP) is 4.58. The summed E-state index contributed by atoms with van der Waals surface area (Å²) in [7, 11) is 0. The molecule has 1 aromatic heterocycles. The zero-order chi connectivity index (χ0) is 16.4. The van der Waals surface area contributed by atoms with Crippen LogP contribution in [0.3, 0.4) is 0 Å². The van der Waals surface area contributed by atoms with E-state index >= 15 is 0 Å². The maximum absolute atomic E-state index is 12.7. The van der Waals surface area contributed by atoms with Gasteiger partial charge < -0.3 is 4.90 Å². The van der Waals surface area contributed by atoms with Gasteiger partial charge in [-0.3, -0.25) is 4.79 Å². The molecule has 0 spiro atoms. The fourth-order valence-electron chi connectivity index (χ4n) is 2.99. The first-order valence-corrected chi connectivity index (χ1v) is 8.45. The van der Waals surface area contributed by atoms with Gasteiger partial charge in [0.1, 0.15) is 5.69 Å². The zero-order valence-corrected chi connectivity index (χ0v) is 14.3. The topological polar surface area (TPSA) is 33.2 Å². The van der Waals surface area contributed by atoms with E-state index in [0.29, 0.717) is 16.6 Å². The van der Waals surface area contributed by atoms with Crippen molar-refractivity contribution < 1.29 is 4.79 Å². The van der Waals surface area contributed by atoms with Gasteiger partial charge in [-0.1, -0.05) is 30.7 Å². The Morgan fingerprint density at radius 2 is 1.96 bits per heavy atom. The van der Waals surface area contributed by atoms with Crippen LogP contribution in [0.5, 0.6) is 0 Å². The van der Waals surface area contributed by atoms with Crippen LogP contribution in [0.4, 0.5) is 0 Å². The first kappa shape index (κ1) is 16.0. The number of hydrogen-bond donors (Lipinski definition) is 0. The van der Waals surface area contributed by atoms with Crippen LogP contribution >= 0.6 is 11.6 Å². The highest BCUT2D eigenvalue weighted by Crippen LogP contribution is 2.25. The third-order valence-corrected chi connectivity index (χ3v) is 4.74. The highest BCUT2D eigenvalue weighted by molar-refractivity contribution is 6.30. The highest BCUT2D eigenvalue weighted by Gasteiger charge is 2.22. The van der Waals surface area contributed by atoms with Crippen molar-refractivity contribution in [1.29, 1.82) is 0 Å². The van der Waals surface area contributed by atoms with Crippen molar-refractivity contribution >= 4 is 17.5 Å². The fraction of sp³-hybridized carbons (Fsp3) is 0.368. The van der Waals surface area contributed by atoms with E-state index in [1.807, 2.05) is 42.2 Å². The number of benzene rings is 1. The molecular weight excluding hydrogens is 308 g/mol. The minimum atomic E-state index is 0.0327. The lowest BCUT2D eigenvalue weighted by Crippen LogP contribution is -2.38. The van der Waals surface area contributed by atoms with Crippen LogP contribution < -0.4 is 0 Å². The van der Waals surface area contributed by atoms with E-state index in [-0.39, 0.29) is 5.91 Å². The van der Waals surface area contributed by atoms with Gasteiger partial charge in [-0.25, -0.2) is 4.98 Å². The summed E-state index contributed by atoms with van der Waals surface area (Å²) in [5.74, 6) is 0.737. The molecule has 1 saturated heterocycles. The first-order chi connectivity index (χ1) is 11.0. The van der Waals surface area contributed by atoms with Crippen LogP contribution in [0.2, 0.25) is 5.02 Å². The number of nitrogens with zero attached hydrogens (tertiary/aromatic N) is 2. The molecule has 2 aromatic rings. The summed E-state index contributed by atoms with van der Waals surface area (Å²) >= 11 is 6.02. The molecular formula is C19H21ClN2O. The van der Waals surface area contributed by atoms with E-state index < -0.39 is 0 Å². The van der Waals surface area contributed by atoms with Crippen LogP contribution in [0.1, 0.15) is 35.8 Å². The molecule has 0 aliphatic carbocycles. The molecule has 3 nitrogen and oxygen atoms in total. The monoisotopic (exact) mass is 328 g/mol. The molecule has 1 fully saturated rings. The summed E-state index contributed by atoms with van der Waals surface area (Å²) < 4.78 is 0. The molecule has 1 aliphatic rings. The summed E-state index contributed by atoms with van der Waals surface area (Å²) in [6.45, 7) is 5.89. The molecule has 120 valence electrons. The molecule has 3 rings (SSSR count). The standard InChI is InChI=1S/C19H21ClN2O/c1-13-8-10-22(11-9-13)19(23)18-5-3-4-17(21-18)16-7-6-15(20)12-14(16)2/h3-7,12-13H,8-11H2,1-2H3. The van der Waals surface area contributed by atoms with Crippen molar-refractivity contribution in [1.82, 2.24) is 9.88 Å². The van der Waals surface area contributed by atoms with Gasteiger partial charge in [0.15, 0.2) is 0 Å². The molecule has 0 N–H and O–H groups in total. The van der Waals surface area contributed by atoms with Crippen LogP contribution in [-0.2, 0) is 0 Å². The van der Waals surface area contributed by atoms with Crippen molar-refractivity contribution in [3.63, 3.8) is 0 Å². The van der Waals surface area contributed by atoms with Gasteiger partial charge in [0.2, 0.25) is 0 Å². The maximum Gasteiger partial charge on any atom is 0.272 e. The number of hydrogen-bond acceptors (Lipinski definition) is 2. The van der Waals surface area contributed by atoms with E-state index in [1.165, 1.54) is 0 Å². The van der Waals surface area contributed by atoms with Crippen molar-refractivity contribution in [3.05, 3.63) is 52.7 Å². The number of pyridine rings is 1. The third kappa shape index (κ3) is 3.56. The predicted molar refractivity (Wildman–Crippen MR) is 93.7 cm³/mol. The van der Waals surface area contributed by atoms with Crippen molar-refractivity contribution in [2.45, 2.75) is 26.7 Å². The van der Waals surface area contributed by atoms with E-state index in [1.54, 1.807) is 6.07 Å². The Hall–Kier alpha value is -1.87. The summed E-state index contributed by atoms with van der Waals surface area (Å²) in [4.78, 5) is 19.2. The molecule has 1 aromatic carbocycles. The molecule has 2 heterocycles. The lowest BCUT2D eigenvalue weighted by Gasteiger charge is -2.30. The van der Waals surface area contributed by atoms with Gasteiger partial charge in [-0.05, 0) is 55.5 Å². The summed E-state index contributed by atoms with van der Waals surface area (Å²) in [5, 5.41) is 0.709. The lowest BCUT2D eigenvalue weighted by atomic mass is 9.99. The van der Waals surface area contributed by atoms with E-state index in [0.717, 1.165) is 42.8 Å². The Kier molecular flexibility index (Phi) is 4.67. The molecule has 0 bridgehead atoms. The number of halogens is 1. The summed E-state index contributed by atoms with van der Waals surface area (Å²) in [6, 6.07) is 11.4. The van der Waals surface area contributed by atoms with Crippen LogP contribution in [-0.4, -0.2) is 28.9 Å². The maximum atomic E-state index is 12.7. The lowest BCUT2D eigenvalue weighted by molar-refractivity contribution is 0.0691. The van der Waals surface area contributed by atoms with Crippen LogP contribution in [0.15, 0.2) is 36.4 Å².